The van der Waals surface area contributed by atoms with Crippen molar-refractivity contribution in [2.24, 2.45) is 0 Å². The van der Waals surface area contributed by atoms with Gasteiger partial charge in [-0.2, -0.15) is 0 Å². The van der Waals surface area contributed by atoms with Crippen LogP contribution in [0.25, 0.3) is 0 Å². The molecule has 0 heterocycles. The number of aryl methyl sites for hydroxylation is 1. The molecule has 104 valence electrons. The van der Waals surface area contributed by atoms with E-state index in [0.717, 1.165) is 17.7 Å². The molecule has 4 nitrogen and oxygen atoms in total. The fourth-order valence-corrected chi connectivity index (χ4v) is 2.46. The van der Waals surface area contributed by atoms with Crippen molar-refractivity contribution in [3.63, 3.8) is 0 Å². The zero-order valence-corrected chi connectivity index (χ0v) is 13.4. The van der Waals surface area contributed by atoms with Gasteiger partial charge in [-0.3, -0.25) is 10.1 Å². The topological polar surface area (TPSA) is 52.4 Å². The molecule has 7 heteroatoms. The van der Waals surface area contributed by atoms with Gasteiger partial charge in [0.15, 0.2) is 0 Å². The van der Waals surface area contributed by atoms with Crippen LogP contribution in [0.5, 0.6) is 11.5 Å². The quantitative estimate of drug-likeness (QED) is 0.511. The number of ether oxygens (including phenoxy) is 1. The van der Waals surface area contributed by atoms with Crippen molar-refractivity contribution < 1.29 is 14.1 Å². The first-order chi connectivity index (χ1) is 9.38. The van der Waals surface area contributed by atoms with Gasteiger partial charge in [0.05, 0.1) is 13.9 Å². The first-order valence-electron chi connectivity index (χ1n) is 5.46. The molecule has 0 bridgehead atoms. The molecular formula is C13H8Br2FNO3. The highest BCUT2D eigenvalue weighted by molar-refractivity contribution is 9.10. The molecule has 2 aromatic rings. The zero-order chi connectivity index (χ0) is 14.9. The molecule has 0 amide bonds. The Kier molecular flexibility index (Phi) is 4.39. The molecule has 0 spiro atoms. The van der Waals surface area contributed by atoms with Gasteiger partial charge >= 0.3 is 5.69 Å². The monoisotopic (exact) mass is 403 g/mol. The van der Waals surface area contributed by atoms with Crippen molar-refractivity contribution in [2.45, 2.75) is 6.92 Å². The average molecular weight is 405 g/mol. The number of hydrogen-bond donors (Lipinski definition) is 0. The summed E-state index contributed by atoms with van der Waals surface area (Å²) in [6, 6.07) is 7.31. The maximum atomic E-state index is 13.5. The maximum absolute atomic E-state index is 13.5. The van der Waals surface area contributed by atoms with Crippen molar-refractivity contribution in [1.82, 2.24) is 0 Å². The van der Waals surface area contributed by atoms with E-state index in [9.17, 15) is 14.5 Å². The molecule has 0 radical (unpaired) electrons. The predicted molar refractivity (Wildman–Crippen MR) is 79.7 cm³/mol. The number of nitro groups is 1. The van der Waals surface area contributed by atoms with Crippen LogP contribution >= 0.6 is 31.9 Å². The molecule has 0 N–H and O–H groups in total. The molecule has 0 aromatic heterocycles. The maximum Gasteiger partial charge on any atom is 0.312 e. The largest absolute Gasteiger partial charge is 0.449 e. The molecule has 0 unspecified atom stereocenters. The lowest BCUT2D eigenvalue weighted by Crippen LogP contribution is -1.96. The Hall–Kier alpha value is -1.47. The number of halogens is 3. The number of benzene rings is 2. The third kappa shape index (κ3) is 3.16. The van der Waals surface area contributed by atoms with Crippen LogP contribution in [0.3, 0.4) is 0 Å². The number of hydrogen-bond acceptors (Lipinski definition) is 3. The molecule has 0 saturated heterocycles. The Balaban J connectivity index is 2.47. The minimum Gasteiger partial charge on any atom is -0.449 e. The summed E-state index contributed by atoms with van der Waals surface area (Å²) in [5.74, 6) is -0.408. The third-order valence-electron chi connectivity index (χ3n) is 2.51. The Morgan fingerprint density at radius 3 is 2.45 bits per heavy atom. The highest BCUT2D eigenvalue weighted by Crippen LogP contribution is 2.38. The first-order valence-corrected chi connectivity index (χ1v) is 7.04. The Labute approximate surface area is 131 Å². The van der Waals surface area contributed by atoms with E-state index in [2.05, 4.69) is 31.9 Å². The SMILES string of the molecule is Cc1ccc(Oc2cc(F)c(Br)cc2[N+](=O)[O-])c(Br)c1. The molecule has 2 rings (SSSR count). The van der Waals surface area contributed by atoms with Crippen LogP contribution in [0, 0.1) is 22.9 Å². The van der Waals surface area contributed by atoms with Gasteiger partial charge in [0.1, 0.15) is 11.6 Å². The van der Waals surface area contributed by atoms with Crippen molar-refractivity contribution in [2.75, 3.05) is 0 Å². The second-order valence-corrected chi connectivity index (χ2v) is 5.74. The van der Waals surface area contributed by atoms with Gasteiger partial charge in [-0.05, 0) is 56.5 Å². The lowest BCUT2D eigenvalue weighted by atomic mass is 10.2. The Morgan fingerprint density at radius 1 is 1.15 bits per heavy atom. The highest BCUT2D eigenvalue weighted by atomic mass is 79.9. The summed E-state index contributed by atoms with van der Waals surface area (Å²) in [5, 5.41) is 11.0. The lowest BCUT2D eigenvalue weighted by molar-refractivity contribution is -0.385. The third-order valence-corrected chi connectivity index (χ3v) is 3.73. The highest BCUT2D eigenvalue weighted by Gasteiger charge is 2.20. The second-order valence-electron chi connectivity index (χ2n) is 4.03. The molecule has 20 heavy (non-hydrogen) atoms. The minimum absolute atomic E-state index is 0.0134. The van der Waals surface area contributed by atoms with Crippen LogP contribution in [0.15, 0.2) is 39.3 Å². The fraction of sp³-hybridized carbons (Fsp3) is 0.0769. The van der Waals surface area contributed by atoms with Crippen molar-refractivity contribution in [3.8, 4) is 11.5 Å². The van der Waals surface area contributed by atoms with Gasteiger partial charge in [-0.1, -0.05) is 6.07 Å². The van der Waals surface area contributed by atoms with Crippen LogP contribution in [-0.4, -0.2) is 4.92 Å². The summed E-state index contributed by atoms with van der Waals surface area (Å²) in [6.45, 7) is 1.90. The van der Waals surface area contributed by atoms with E-state index in [1.165, 1.54) is 0 Å². The molecule has 0 saturated carbocycles. The summed E-state index contributed by atoms with van der Waals surface area (Å²) >= 11 is 6.21. The van der Waals surface area contributed by atoms with Crippen LogP contribution < -0.4 is 4.74 Å². The van der Waals surface area contributed by atoms with Gasteiger partial charge in [0.2, 0.25) is 5.75 Å². The Bertz CT molecular complexity index is 692. The van der Waals surface area contributed by atoms with E-state index in [0.29, 0.717) is 10.2 Å². The zero-order valence-electron chi connectivity index (χ0n) is 10.2. The normalized spacial score (nSPS) is 10.4. The summed E-state index contributed by atoms with van der Waals surface area (Å²) < 4.78 is 19.6. The van der Waals surface area contributed by atoms with E-state index in [4.69, 9.17) is 4.74 Å². The fourth-order valence-electron chi connectivity index (χ4n) is 1.55. The predicted octanol–water partition coefficient (Wildman–Crippen LogP) is 5.36. The first kappa shape index (κ1) is 14.9. The number of rotatable bonds is 3. The van der Waals surface area contributed by atoms with Crippen LogP contribution in [0.1, 0.15) is 5.56 Å². The van der Waals surface area contributed by atoms with E-state index in [1.54, 1.807) is 18.2 Å². The van der Waals surface area contributed by atoms with Crippen molar-refractivity contribution >= 4 is 37.5 Å². The molecule has 0 aliphatic rings. The summed E-state index contributed by atoms with van der Waals surface area (Å²) in [4.78, 5) is 10.4. The van der Waals surface area contributed by atoms with Crippen molar-refractivity contribution in [1.29, 1.82) is 0 Å². The van der Waals surface area contributed by atoms with E-state index < -0.39 is 10.7 Å². The smallest absolute Gasteiger partial charge is 0.312 e. The minimum atomic E-state index is -0.631. The van der Waals surface area contributed by atoms with E-state index >= 15 is 0 Å². The van der Waals surface area contributed by atoms with Crippen molar-refractivity contribution in [3.05, 3.63) is 60.8 Å². The number of nitrogens with zero attached hydrogens (tertiary/aromatic N) is 1. The molecule has 0 atom stereocenters. The van der Waals surface area contributed by atoms with Crippen LogP contribution in [0.4, 0.5) is 10.1 Å². The molecular weight excluding hydrogens is 397 g/mol. The lowest BCUT2D eigenvalue weighted by Gasteiger charge is -2.09. The van der Waals surface area contributed by atoms with Gasteiger partial charge in [0, 0.05) is 12.1 Å². The standard InChI is InChI=1S/C13H8Br2FNO3/c1-7-2-3-12(9(15)4-7)20-13-6-10(16)8(14)5-11(13)17(18)19/h2-6H,1H3. The van der Waals surface area contributed by atoms with Crippen LogP contribution in [0.2, 0.25) is 0 Å². The second kappa shape index (κ2) is 5.88. The molecule has 0 aliphatic heterocycles. The van der Waals surface area contributed by atoms with Gasteiger partial charge in [-0.15, -0.1) is 0 Å². The van der Waals surface area contributed by atoms with E-state index in [-0.39, 0.29) is 15.9 Å². The Morgan fingerprint density at radius 2 is 1.85 bits per heavy atom. The van der Waals surface area contributed by atoms with Gasteiger partial charge < -0.3 is 4.74 Å². The van der Waals surface area contributed by atoms with Gasteiger partial charge in [0.25, 0.3) is 0 Å². The molecule has 0 aliphatic carbocycles. The average Bonchev–Trinajstić information content (AvgIpc) is 2.36. The molecule has 2 aromatic carbocycles. The molecule has 0 fully saturated rings. The van der Waals surface area contributed by atoms with Gasteiger partial charge in [-0.25, -0.2) is 4.39 Å². The summed E-state index contributed by atoms with van der Waals surface area (Å²) in [5.41, 5.74) is 0.687. The summed E-state index contributed by atoms with van der Waals surface area (Å²) in [6.07, 6.45) is 0. The number of nitro benzene ring substituents is 1. The van der Waals surface area contributed by atoms with E-state index in [1.807, 2.05) is 6.92 Å². The summed E-state index contributed by atoms with van der Waals surface area (Å²) in [7, 11) is 0. The van der Waals surface area contributed by atoms with Crippen LogP contribution in [-0.2, 0) is 0 Å².